The zero-order chi connectivity index (χ0) is 14.0. The van der Waals surface area contributed by atoms with Gasteiger partial charge in [0.1, 0.15) is 5.75 Å². The number of aryl methyl sites for hydroxylation is 1. The van der Waals surface area contributed by atoms with Gasteiger partial charge in [-0.1, -0.05) is 32.8 Å². The zero-order valence-electron chi connectivity index (χ0n) is 12.5. The zero-order valence-corrected chi connectivity index (χ0v) is 13.3. The van der Waals surface area contributed by atoms with Crippen molar-refractivity contribution < 1.29 is 4.74 Å². The van der Waals surface area contributed by atoms with Crippen LogP contribution in [0.15, 0.2) is 18.2 Å². The van der Waals surface area contributed by atoms with Gasteiger partial charge in [-0.05, 0) is 54.4 Å². The van der Waals surface area contributed by atoms with E-state index in [0.29, 0.717) is 11.3 Å². The molecule has 0 radical (unpaired) electrons. The van der Waals surface area contributed by atoms with E-state index in [9.17, 15) is 0 Å². The maximum atomic E-state index is 6.83. The van der Waals surface area contributed by atoms with Crippen molar-refractivity contribution in [2.24, 2.45) is 11.3 Å². The summed E-state index contributed by atoms with van der Waals surface area (Å²) < 4.78 is 5.27. The summed E-state index contributed by atoms with van der Waals surface area (Å²) in [7, 11) is 1.71. The van der Waals surface area contributed by atoms with Gasteiger partial charge < -0.3 is 4.74 Å². The van der Waals surface area contributed by atoms with Crippen molar-refractivity contribution in [3.63, 3.8) is 0 Å². The Hall–Kier alpha value is -0.690. The third kappa shape index (κ3) is 3.08. The lowest BCUT2D eigenvalue weighted by Gasteiger charge is -2.41. The van der Waals surface area contributed by atoms with Crippen LogP contribution in [0.2, 0.25) is 0 Å². The van der Waals surface area contributed by atoms with E-state index in [4.69, 9.17) is 16.3 Å². The molecule has 1 saturated carbocycles. The van der Waals surface area contributed by atoms with Crippen LogP contribution in [0.5, 0.6) is 5.75 Å². The van der Waals surface area contributed by atoms with Crippen molar-refractivity contribution >= 4 is 11.6 Å². The highest BCUT2D eigenvalue weighted by Crippen LogP contribution is 2.49. The highest BCUT2D eigenvalue weighted by Gasteiger charge is 2.37. The molecule has 0 bridgehead atoms. The Morgan fingerprint density at radius 3 is 2.63 bits per heavy atom. The minimum Gasteiger partial charge on any atom is -0.497 e. The molecule has 1 aliphatic carbocycles. The average molecular weight is 281 g/mol. The summed E-state index contributed by atoms with van der Waals surface area (Å²) in [5.74, 6) is 1.48. The van der Waals surface area contributed by atoms with Crippen LogP contribution < -0.4 is 4.74 Å². The summed E-state index contributed by atoms with van der Waals surface area (Å²) in [5, 5.41) is 0.112. The molecule has 1 aromatic rings. The largest absolute Gasteiger partial charge is 0.497 e. The minimum absolute atomic E-state index is 0.112. The molecule has 0 aromatic heterocycles. The summed E-state index contributed by atoms with van der Waals surface area (Å²) in [5.41, 5.74) is 2.85. The monoisotopic (exact) mass is 280 g/mol. The van der Waals surface area contributed by atoms with Crippen molar-refractivity contribution in [1.82, 2.24) is 0 Å². The highest BCUT2D eigenvalue weighted by molar-refractivity contribution is 6.21. The van der Waals surface area contributed by atoms with Gasteiger partial charge in [0.15, 0.2) is 0 Å². The third-order valence-electron chi connectivity index (χ3n) is 4.72. The van der Waals surface area contributed by atoms with Gasteiger partial charge in [0.25, 0.3) is 0 Å². The lowest BCUT2D eigenvalue weighted by molar-refractivity contribution is 0.133. The van der Waals surface area contributed by atoms with Crippen LogP contribution >= 0.6 is 11.6 Å². The molecule has 0 aliphatic heterocycles. The van der Waals surface area contributed by atoms with Gasteiger partial charge in [-0.2, -0.15) is 0 Å². The first-order valence-corrected chi connectivity index (χ1v) is 7.68. The van der Waals surface area contributed by atoms with E-state index in [0.717, 1.165) is 5.75 Å². The van der Waals surface area contributed by atoms with Gasteiger partial charge in [-0.25, -0.2) is 0 Å². The second-order valence-corrected chi connectivity index (χ2v) is 6.94. The molecule has 1 aromatic carbocycles. The van der Waals surface area contributed by atoms with Crippen LogP contribution in [0.1, 0.15) is 56.0 Å². The molecular weight excluding hydrogens is 256 g/mol. The second-order valence-electron chi connectivity index (χ2n) is 6.47. The van der Waals surface area contributed by atoms with E-state index >= 15 is 0 Å². The molecule has 2 unspecified atom stereocenters. The summed E-state index contributed by atoms with van der Waals surface area (Å²) >= 11 is 6.83. The summed E-state index contributed by atoms with van der Waals surface area (Å²) in [6.45, 7) is 6.86. The van der Waals surface area contributed by atoms with Crippen molar-refractivity contribution in [2.75, 3.05) is 7.11 Å². The highest BCUT2D eigenvalue weighted by atomic mass is 35.5. The SMILES string of the molecule is COc1ccc(C(Cl)C2CCCCC2(C)C)c(C)c1. The Bertz CT molecular complexity index is 439. The quantitative estimate of drug-likeness (QED) is 0.664. The Balaban J connectivity index is 2.25. The summed E-state index contributed by atoms with van der Waals surface area (Å²) in [6, 6.07) is 6.24. The van der Waals surface area contributed by atoms with Crippen molar-refractivity contribution in [3.05, 3.63) is 29.3 Å². The number of hydrogen-bond acceptors (Lipinski definition) is 1. The van der Waals surface area contributed by atoms with Crippen molar-refractivity contribution in [3.8, 4) is 5.75 Å². The number of ether oxygens (including phenoxy) is 1. The lowest BCUT2D eigenvalue weighted by atomic mass is 9.66. The molecule has 1 nitrogen and oxygen atoms in total. The number of rotatable bonds is 3. The van der Waals surface area contributed by atoms with E-state index in [1.807, 2.05) is 6.07 Å². The number of alkyl halides is 1. The molecule has 19 heavy (non-hydrogen) atoms. The number of benzene rings is 1. The topological polar surface area (TPSA) is 9.23 Å². The van der Waals surface area contributed by atoms with Gasteiger partial charge >= 0.3 is 0 Å². The predicted molar refractivity (Wildman–Crippen MR) is 82.1 cm³/mol. The van der Waals surface area contributed by atoms with E-state index in [1.54, 1.807) is 7.11 Å². The summed E-state index contributed by atoms with van der Waals surface area (Å²) in [4.78, 5) is 0. The Morgan fingerprint density at radius 1 is 1.32 bits per heavy atom. The van der Waals surface area contributed by atoms with Crippen LogP contribution in [0.3, 0.4) is 0 Å². The molecule has 1 fully saturated rings. The van der Waals surface area contributed by atoms with E-state index in [1.165, 1.54) is 36.8 Å². The van der Waals surface area contributed by atoms with Gasteiger partial charge in [0.05, 0.1) is 12.5 Å². The van der Waals surface area contributed by atoms with Crippen molar-refractivity contribution in [1.29, 1.82) is 0 Å². The molecule has 2 heteroatoms. The molecule has 0 saturated heterocycles. The van der Waals surface area contributed by atoms with Crippen LogP contribution in [0.4, 0.5) is 0 Å². The molecule has 0 spiro atoms. The van der Waals surface area contributed by atoms with E-state index in [-0.39, 0.29) is 5.38 Å². The minimum atomic E-state index is 0.112. The molecule has 0 heterocycles. The standard InChI is InChI=1S/C17H25ClO/c1-12-11-13(19-4)8-9-14(12)16(18)15-7-5-6-10-17(15,2)3/h8-9,11,15-16H,5-7,10H2,1-4H3. The van der Waals surface area contributed by atoms with Gasteiger partial charge in [-0.3, -0.25) is 0 Å². The first kappa shape index (κ1) is 14.7. The molecule has 106 valence electrons. The first-order chi connectivity index (χ1) is 8.95. The third-order valence-corrected chi connectivity index (χ3v) is 5.26. The van der Waals surface area contributed by atoms with Gasteiger partial charge in [0, 0.05) is 0 Å². The molecule has 0 amide bonds. The fraction of sp³-hybridized carbons (Fsp3) is 0.647. The fourth-order valence-electron chi connectivity index (χ4n) is 3.36. The molecule has 2 rings (SSSR count). The molecule has 1 aliphatic rings. The number of methoxy groups -OCH3 is 1. The average Bonchev–Trinajstić information content (AvgIpc) is 2.37. The Morgan fingerprint density at radius 2 is 2.05 bits per heavy atom. The van der Waals surface area contributed by atoms with Gasteiger partial charge in [0.2, 0.25) is 0 Å². The van der Waals surface area contributed by atoms with Gasteiger partial charge in [-0.15, -0.1) is 11.6 Å². The van der Waals surface area contributed by atoms with Crippen LogP contribution in [-0.4, -0.2) is 7.11 Å². The van der Waals surface area contributed by atoms with Crippen LogP contribution in [0, 0.1) is 18.3 Å². The molecule has 0 N–H and O–H groups in total. The Labute approximate surface area is 122 Å². The van der Waals surface area contributed by atoms with E-state index in [2.05, 4.69) is 32.9 Å². The number of hydrogen-bond donors (Lipinski definition) is 0. The lowest BCUT2D eigenvalue weighted by Crippen LogP contribution is -2.31. The first-order valence-electron chi connectivity index (χ1n) is 7.24. The van der Waals surface area contributed by atoms with Crippen LogP contribution in [-0.2, 0) is 0 Å². The maximum Gasteiger partial charge on any atom is 0.119 e. The van der Waals surface area contributed by atoms with Crippen molar-refractivity contribution in [2.45, 2.75) is 51.8 Å². The normalized spacial score (nSPS) is 23.9. The second kappa shape index (κ2) is 5.75. The predicted octanol–water partition coefficient (Wildman–Crippen LogP) is 5.50. The van der Waals surface area contributed by atoms with E-state index < -0.39 is 0 Å². The molecule has 2 atom stereocenters. The maximum absolute atomic E-state index is 6.83. The molecular formula is C17H25ClO. The summed E-state index contributed by atoms with van der Waals surface area (Å²) in [6.07, 6.45) is 5.18. The Kier molecular flexibility index (Phi) is 4.45. The number of halogens is 1. The fourth-order valence-corrected chi connectivity index (χ4v) is 4.08. The van der Waals surface area contributed by atoms with Crippen LogP contribution in [0.25, 0.3) is 0 Å². The smallest absolute Gasteiger partial charge is 0.119 e.